The van der Waals surface area contributed by atoms with E-state index in [1.807, 2.05) is 0 Å². The Morgan fingerprint density at radius 1 is 1.26 bits per heavy atom. The fraction of sp³-hybridized carbons (Fsp3) is 0.455. The summed E-state index contributed by atoms with van der Waals surface area (Å²) in [7, 11) is 3.98. The van der Waals surface area contributed by atoms with Gasteiger partial charge in [0.05, 0.1) is 14.2 Å². The van der Waals surface area contributed by atoms with Crippen LogP contribution in [-0.4, -0.2) is 48.8 Å². The highest BCUT2D eigenvalue weighted by Crippen LogP contribution is 2.03. The molecule has 1 heterocycles. The van der Waals surface area contributed by atoms with Crippen molar-refractivity contribution in [3.63, 3.8) is 0 Å². The summed E-state index contributed by atoms with van der Waals surface area (Å²) in [4.78, 5) is 39.6. The van der Waals surface area contributed by atoms with Crippen molar-refractivity contribution in [1.82, 2.24) is 9.55 Å². The molecule has 0 aromatic carbocycles. The van der Waals surface area contributed by atoms with Crippen molar-refractivity contribution in [2.45, 2.75) is 0 Å². The number of methoxy groups -OCH3 is 2. The molecule has 0 aliphatic heterocycles. The quantitative estimate of drug-likeness (QED) is 0.629. The third-order valence-corrected chi connectivity index (χ3v) is 2.39. The SMILES string of the molecule is COC(=O)CN(CC(=O)OC)c1nccn(C)c1=O. The summed E-state index contributed by atoms with van der Waals surface area (Å²) < 4.78 is 10.3. The summed E-state index contributed by atoms with van der Waals surface area (Å²) in [6.45, 7) is -0.532. The van der Waals surface area contributed by atoms with Gasteiger partial charge in [-0.3, -0.25) is 14.4 Å². The van der Waals surface area contributed by atoms with Crippen LogP contribution in [0.2, 0.25) is 0 Å². The van der Waals surface area contributed by atoms with Gasteiger partial charge in [-0.15, -0.1) is 0 Å². The van der Waals surface area contributed by atoms with E-state index in [0.29, 0.717) is 0 Å². The summed E-state index contributed by atoms with van der Waals surface area (Å²) in [5.41, 5.74) is -0.421. The third kappa shape index (κ3) is 3.80. The molecule has 1 aromatic heterocycles. The second-order valence-electron chi connectivity index (χ2n) is 3.68. The number of carbonyl (C=O) groups excluding carboxylic acids is 2. The zero-order valence-corrected chi connectivity index (χ0v) is 11.0. The maximum atomic E-state index is 11.9. The molecule has 0 bridgehead atoms. The predicted octanol–water partition coefficient (Wildman–Crippen LogP) is -1.07. The van der Waals surface area contributed by atoms with E-state index in [1.165, 1.54) is 36.1 Å². The molecule has 0 spiro atoms. The average molecular weight is 269 g/mol. The van der Waals surface area contributed by atoms with Crippen molar-refractivity contribution in [2.75, 3.05) is 32.2 Å². The topological polar surface area (TPSA) is 90.7 Å². The molecular weight excluding hydrogens is 254 g/mol. The monoisotopic (exact) mass is 269 g/mol. The summed E-state index contributed by atoms with van der Waals surface area (Å²) in [6, 6.07) is 0. The molecule has 0 aliphatic rings. The Morgan fingerprint density at radius 2 is 1.79 bits per heavy atom. The van der Waals surface area contributed by atoms with Crippen LogP contribution in [0.5, 0.6) is 0 Å². The second-order valence-corrected chi connectivity index (χ2v) is 3.68. The molecule has 8 heteroatoms. The van der Waals surface area contributed by atoms with Crippen molar-refractivity contribution in [3.8, 4) is 0 Å². The van der Waals surface area contributed by atoms with Gasteiger partial charge in [-0.05, 0) is 0 Å². The van der Waals surface area contributed by atoms with Crippen LogP contribution in [-0.2, 0) is 26.1 Å². The van der Waals surface area contributed by atoms with Gasteiger partial charge in [-0.2, -0.15) is 0 Å². The van der Waals surface area contributed by atoms with E-state index >= 15 is 0 Å². The van der Waals surface area contributed by atoms with E-state index in [-0.39, 0.29) is 18.9 Å². The molecule has 0 N–H and O–H groups in total. The Bertz CT molecular complexity index is 507. The van der Waals surface area contributed by atoms with Crippen LogP contribution in [0.4, 0.5) is 5.82 Å². The first kappa shape index (κ1) is 14.7. The lowest BCUT2D eigenvalue weighted by atomic mass is 10.4. The minimum Gasteiger partial charge on any atom is -0.468 e. The zero-order chi connectivity index (χ0) is 14.4. The van der Waals surface area contributed by atoms with Gasteiger partial charge in [0.15, 0.2) is 5.82 Å². The average Bonchev–Trinajstić information content (AvgIpc) is 2.40. The summed E-state index contributed by atoms with van der Waals surface area (Å²) >= 11 is 0. The molecule has 0 amide bonds. The van der Waals surface area contributed by atoms with Gasteiger partial charge in [-0.1, -0.05) is 0 Å². The molecule has 8 nitrogen and oxygen atoms in total. The van der Waals surface area contributed by atoms with E-state index < -0.39 is 17.5 Å². The van der Waals surface area contributed by atoms with Crippen LogP contribution < -0.4 is 10.5 Å². The fourth-order valence-corrected chi connectivity index (χ4v) is 1.35. The van der Waals surface area contributed by atoms with Gasteiger partial charge >= 0.3 is 11.9 Å². The molecule has 0 atom stereocenters. The number of aryl methyl sites for hydroxylation is 1. The lowest BCUT2D eigenvalue weighted by molar-refractivity contribution is -0.140. The van der Waals surface area contributed by atoms with Crippen LogP contribution in [0.1, 0.15) is 0 Å². The molecule has 0 saturated carbocycles. The number of hydrogen-bond acceptors (Lipinski definition) is 7. The summed E-state index contributed by atoms with van der Waals surface area (Å²) in [5.74, 6) is -1.19. The Kier molecular flexibility index (Phi) is 5.04. The van der Waals surface area contributed by atoms with E-state index in [9.17, 15) is 14.4 Å². The van der Waals surface area contributed by atoms with Gasteiger partial charge in [0.25, 0.3) is 5.56 Å². The minimum absolute atomic E-state index is 0.0131. The van der Waals surface area contributed by atoms with Crippen LogP contribution in [0.15, 0.2) is 17.2 Å². The number of ether oxygens (including phenoxy) is 2. The van der Waals surface area contributed by atoms with Crippen molar-refractivity contribution in [1.29, 1.82) is 0 Å². The second kappa shape index (κ2) is 6.53. The number of hydrogen-bond donors (Lipinski definition) is 0. The van der Waals surface area contributed by atoms with Gasteiger partial charge in [0.2, 0.25) is 0 Å². The normalized spacial score (nSPS) is 9.84. The molecule has 19 heavy (non-hydrogen) atoms. The minimum atomic E-state index is -0.586. The van der Waals surface area contributed by atoms with Gasteiger partial charge in [0.1, 0.15) is 13.1 Å². The number of aromatic nitrogens is 2. The van der Waals surface area contributed by atoms with E-state index in [1.54, 1.807) is 7.05 Å². The first-order chi connectivity index (χ1) is 8.99. The van der Waals surface area contributed by atoms with Crippen molar-refractivity contribution in [3.05, 3.63) is 22.7 Å². The molecule has 1 rings (SSSR count). The molecule has 0 saturated heterocycles. The largest absolute Gasteiger partial charge is 0.468 e. The first-order valence-corrected chi connectivity index (χ1v) is 5.39. The number of nitrogens with zero attached hydrogens (tertiary/aromatic N) is 3. The molecule has 0 unspecified atom stereocenters. The third-order valence-electron chi connectivity index (χ3n) is 2.39. The van der Waals surface area contributed by atoms with Crippen molar-refractivity contribution < 1.29 is 19.1 Å². The molecule has 104 valence electrons. The zero-order valence-electron chi connectivity index (χ0n) is 11.0. The van der Waals surface area contributed by atoms with Crippen molar-refractivity contribution >= 4 is 17.8 Å². The van der Waals surface area contributed by atoms with E-state index in [2.05, 4.69) is 14.5 Å². The Labute approximate surface area is 109 Å². The maximum absolute atomic E-state index is 11.9. The molecule has 0 aliphatic carbocycles. The number of anilines is 1. The highest BCUT2D eigenvalue weighted by atomic mass is 16.5. The van der Waals surface area contributed by atoms with Crippen LogP contribution in [0.25, 0.3) is 0 Å². The number of rotatable bonds is 5. The lowest BCUT2D eigenvalue weighted by Crippen LogP contribution is -2.40. The maximum Gasteiger partial charge on any atom is 0.325 e. The van der Waals surface area contributed by atoms with Gasteiger partial charge in [0, 0.05) is 19.4 Å². The first-order valence-electron chi connectivity index (χ1n) is 5.39. The Hall–Kier alpha value is -2.38. The molecular formula is C11H15N3O5. The summed E-state index contributed by atoms with van der Waals surface area (Å²) in [6.07, 6.45) is 2.87. The number of esters is 2. The fourth-order valence-electron chi connectivity index (χ4n) is 1.35. The Morgan fingerprint density at radius 3 is 2.26 bits per heavy atom. The van der Waals surface area contributed by atoms with Gasteiger partial charge < -0.3 is 18.9 Å². The lowest BCUT2D eigenvalue weighted by Gasteiger charge is -2.20. The van der Waals surface area contributed by atoms with Crippen LogP contribution in [0, 0.1) is 0 Å². The smallest absolute Gasteiger partial charge is 0.325 e. The highest BCUT2D eigenvalue weighted by Gasteiger charge is 2.20. The predicted molar refractivity (Wildman–Crippen MR) is 65.7 cm³/mol. The highest BCUT2D eigenvalue weighted by molar-refractivity contribution is 5.80. The molecule has 1 aromatic rings. The van der Waals surface area contributed by atoms with Crippen LogP contribution in [0.3, 0.4) is 0 Å². The van der Waals surface area contributed by atoms with Crippen LogP contribution >= 0.6 is 0 Å². The molecule has 0 fully saturated rings. The molecule has 0 radical (unpaired) electrons. The summed E-state index contributed by atoms with van der Waals surface area (Å²) in [5, 5.41) is 0. The van der Waals surface area contributed by atoms with E-state index in [4.69, 9.17) is 0 Å². The Balaban J connectivity index is 3.07. The standard InChI is InChI=1S/C11H15N3O5/c1-13-5-4-12-10(11(13)17)14(6-8(15)18-2)7-9(16)19-3/h4-5H,6-7H2,1-3H3. The number of carbonyl (C=O) groups is 2. The van der Waals surface area contributed by atoms with E-state index in [0.717, 1.165) is 0 Å². The van der Waals surface area contributed by atoms with Gasteiger partial charge in [-0.25, -0.2) is 4.98 Å². The van der Waals surface area contributed by atoms with Crippen molar-refractivity contribution in [2.24, 2.45) is 7.05 Å².